The lowest BCUT2D eigenvalue weighted by Gasteiger charge is -2.46. The minimum Gasteiger partial charge on any atom is -0.451 e. The maximum Gasteiger partial charge on any atom is 0.339 e. The number of aliphatic hydroxyl groups is 3. The van der Waals surface area contributed by atoms with Crippen LogP contribution in [0.15, 0.2) is 65.8 Å². The molecular formula is C30H32O6. The molecule has 0 heterocycles. The third kappa shape index (κ3) is 2.83. The predicted molar refractivity (Wildman–Crippen MR) is 134 cm³/mol. The number of hydrogen-bond acceptors (Lipinski definition) is 6. The number of hydrogen-bond donors (Lipinski definition) is 3. The van der Waals surface area contributed by atoms with E-state index in [0.717, 1.165) is 17.2 Å². The Morgan fingerprint density at radius 1 is 1.14 bits per heavy atom. The normalized spacial score (nSPS) is 38.3. The smallest absolute Gasteiger partial charge is 0.339 e. The molecule has 2 fully saturated rings. The first kappa shape index (κ1) is 23.6. The van der Waals surface area contributed by atoms with E-state index < -0.39 is 41.7 Å². The summed E-state index contributed by atoms with van der Waals surface area (Å²) in [4.78, 5) is 27.7. The summed E-state index contributed by atoms with van der Waals surface area (Å²) in [6.07, 6.45) is 1.69. The van der Waals surface area contributed by atoms with Crippen molar-refractivity contribution in [3.05, 3.63) is 71.3 Å². The highest BCUT2D eigenvalue weighted by molar-refractivity contribution is 6.04. The number of allylic oxidation sites excluding steroid dienone is 1. The molecule has 0 amide bonds. The van der Waals surface area contributed by atoms with Gasteiger partial charge in [-0.25, -0.2) is 4.79 Å². The Balaban J connectivity index is 1.45. The topological polar surface area (TPSA) is 104 Å². The van der Waals surface area contributed by atoms with Crippen molar-refractivity contribution in [2.75, 3.05) is 6.61 Å². The van der Waals surface area contributed by atoms with Crippen LogP contribution in [0.25, 0.3) is 10.8 Å². The summed E-state index contributed by atoms with van der Waals surface area (Å²) < 4.78 is 5.99. The average Bonchev–Trinajstić information content (AvgIpc) is 3.39. The van der Waals surface area contributed by atoms with Crippen LogP contribution < -0.4 is 0 Å². The van der Waals surface area contributed by atoms with Crippen LogP contribution >= 0.6 is 0 Å². The lowest BCUT2D eigenvalue weighted by atomic mass is 9.63. The first-order chi connectivity index (χ1) is 17.1. The third-order valence-electron chi connectivity index (χ3n) is 9.70. The molecule has 188 valence electrons. The van der Waals surface area contributed by atoms with Gasteiger partial charge < -0.3 is 20.1 Å². The molecule has 7 atom stereocenters. The largest absolute Gasteiger partial charge is 0.451 e. The van der Waals surface area contributed by atoms with Gasteiger partial charge >= 0.3 is 5.97 Å². The van der Waals surface area contributed by atoms with Crippen LogP contribution in [0, 0.1) is 28.6 Å². The molecule has 6 heteroatoms. The van der Waals surface area contributed by atoms with E-state index in [1.54, 1.807) is 31.2 Å². The molecule has 3 N–H and O–H groups in total. The van der Waals surface area contributed by atoms with E-state index in [9.17, 15) is 24.9 Å². The third-order valence-corrected chi connectivity index (χ3v) is 9.70. The molecule has 36 heavy (non-hydrogen) atoms. The molecule has 4 aliphatic carbocycles. The van der Waals surface area contributed by atoms with Gasteiger partial charge in [0.15, 0.2) is 17.5 Å². The summed E-state index contributed by atoms with van der Waals surface area (Å²) >= 11 is 0. The van der Waals surface area contributed by atoms with Crippen molar-refractivity contribution in [2.24, 2.45) is 28.6 Å². The Morgan fingerprint density at radius 3 is 2.61 bits per heavy atom. The number of carbonyl (C=O) groups excluding carboxylic acids is 2. The van der Waals surface area contributed by atoms with Crippen molar-refractivity contribution in [1.82, 2.24) is 0 Å². The fourth-order valence-electron chi connectivity index (χ4n) is 7.79. The number of esters is 1. The number of fused-ring (bicyclic) bond motifs is 4. The molecule has 6 nitrogen and oxygen atoms in total. The van der Waals surface area contributed by atoms with E-state index in [1.165, 1.54) is 0 Å². The molecule has 2 saturated carbocycles. The molecule has 0 radical (unpaired) electrons. The highest BCUT2D eigenvalue weighted by Gasteiger charge is 2.74. The van der Waals surface area contributed by atoms with Crippen molar-refractivity contribution in [1.29, 1.82) is 0 Å². The standard InChI is InChI=1S/C30H32O6/c1-16-14-29-12-11-22-23(28(22,2)3)21(25(29)33)13-18(15-31)24(32)30(29,35)26(16)36-27(34)20-10-6-8-17-7-4-5-9-19(17)20/h4-10,13-14,21-24,26,31-32,35H,11-12,15H2,1-3H3/t21-,22?,23-,24+,26-,29?,30-/m0/s1. The molecule has 0 aromatic heterocycles. The van der Waals surface area contributed by atoms with E-state index in [2.05, 4.69) is 13.8 Å². The second kappa shape index (κ2) is 7.60. The van der Waals surface area contributed by atoms with Crippen molar-refractivity contribution in [3.8, 4) is 0 Å². The average molecular weight is 489 g/mol. The Bertz CT molecular complexity index is 1350. The van der Waals surface area contributed by atoms with Crippen molar-refractivity contribution in [2.45, 2.75) is 51.4 Å². The molecule has 2 aromatic carbocycles. The molecule has 2 bridgehead atoms. The van der Waals surface area contributed by atoms with Gasteiger partial charge in [0.05, 0.1) is 17.6 Å². The summed E-state index contributed by atoms with van der Waals surface area (Å²) in [6.45, 7) is 5.54. The predicted octanol–water partition coefficient (Wildman–Crippen LogP) is 3.59. The number of aliphatic hydroxyl groups excluding tert-OH is 2. The van der Waals surface area contributed by atoms with E-state index in [-0.39, 0.29) is 22.7 Å². The first-order valence-corrected chi connectivity index (χ1v) is 12.7. The fraction of sp³-hybridized carbons (Fsp3) is 0.467. The van der Waals surface area contributed by atoms with Crippen molar-refractivity contribution in [3.63, 3.8) is 0 Å². The van der Waals surface area contributed by atoms with Crippen LogP contribution in [0.5, 0.6) is 0 Å². The quantitative estimate of drug-likeness (QED) is 0.451. The van der Waals surface area contributed by atoms with E-state index in [0.29, 0.717) is 23.5 Å². The van der Waals surface area contributed by atoms with E-state index in [1.807, 2.05) is 30.3 Å². The maximum absolute atomic E-state index is 14.2. The number of ketones is 1. The molecular weight excluding hydrogens is 456 g/mol. The second-order valence-corrected chi connectivity index (χ2v) is 11.7. The van der Waals surface area contributed by atoms with Crippen LogP contribution in [0.1, 0.15) is 44.0 Å². The summed E-state index contributed by atoms with van der Waals surface area (Å²) in [5.41, 5.74) is -2.45. The number of ether oxygens (including phenoxy) is 1. The molecule has 0 aliphatic heterocycles. The monoisotopic (exact) mass is 488 g/mol. The van der Waals surface area contributed by atoms with Gasteiger partial charge in [-0.2, -0.15) is 0 Å². The zero-order chi connectivity index (χ0) is 25.6. The summed E-state index contributed by atoms with van der Waals surface area (Å²) in [5.74, 6) is -0.912. The number of Topliss-reactive ketones (excluding diaryl/α,β-unsaturated/α-hetero) is 1. The summed E-state index contributed by atoms with van der Waals surface area (Å²) in [6, 6.07) is 12.8. The van der Waals surface area contributed by atoms with Gasteiger partial charge in [-0.3, -0.25) is 4.79 Å². The van der Waals surface area contributed by atoms with Crippen molar-refractivity contribution < 1.29 is 29.6 Å². The summed E-state index contributed by atoms with van der Waals surface area (Å²) in [5, 5.41) is 35.7. The van der Waals surface area contributed by atoms with E-state index >= 15 is 0 Å². The van der Waals surface area contributed by atoms with Crippen LogP contribution in [0.4, 0.5) is 0 Å². The second-order valence-electron chi connectivity index (χ2n) is 11.7. The number of benzene rings is 2. The zero-order valence-electron chi connectivity index (χ0n) is 20.8. The molecule has 0 saturated heterocycles. The number of carbonyl (C=O) groups is 2. The molecule has 2 aromatic rings. The highest BCUT2D eigenvalue weighted by atomic mass is 16.6. The van der Waals surface area contributed by atoms with Crippen LogP contribution in [-0.2, 0) is 9.53 Å². The van der Waals surface area contributed by atoms with Gasteiger partial charge in [-0.1, -0.05) is 62.4 Å². The van der Waals surface area contributed by atoms with Gasteiger partial charge in [-0.15, -0.1) is 0 Å². The van der Waals surface area contributed by atoms with Crippen molar-refractivity contribution >= 4 is 22.5 Å². The minimum absolute atomic E-state index is 0.0238. The van der Waals surface area contributed by atoms with E-state index in [4.69, 9.17) is 4.74 Å². The van der Waals surface area contributed by atoms with Crippen LogP contribution in [0.3, 0.4) is 0 Å². The minimum atomic E-state index is -2.11. The zero-order valence-corrected chi connectivity index (χ0v) is 20.8. The number of rotatable bonds is 3. The van der Waals surface area contributed by atoms with Gasteiger partial charge in [0.2, 0.25) is 0 Å². The molecule has 4 aliphatic rings. The van der Waals surface area contributed by atoms with Gasteiger partial charge in [0.25, 0.3) is 0 Å². The molecule has 1 spiro atoms. The summed E-state index contributed by atoms with van der Waals surface area (Å²) in [7, 11) is 0. The lowest BCUT2D eigenvalue weighted by Crippen LogP contribution is -2.63. The molecule has 6 rings (SSSR count). The van der Waals surface area contributed by atoms with Gasteiger partial charge in [0, 0.05) is 5.92 Å². The maximum atomic E-state index is 14.2. The fourth-order valence-corrected chi connectivity index (χ4v) is 7.79. The van der Waals surface area contributed by atoms with Crippen LogP contribution in [0.2, 0.25) is 0 Å². The Kier molecular flexibility index (Phi) is 4.98. The highest BCUT2D eigenvalue weighted by Crippen LogP contribution is 2.70. The Hall–Kier alpha value is -2.80. The Morgan fingerprint density at radius 2 is 1.86 bits per heavy atom. The van der Waals surface area contributed by atoms with Gasteiger partial charge in [-0.05, 0) is 65.0 Å². The Labute approximate surface area is 210 Å². The van der Waals surface area contributed by atoms with Gasteiger partial charge in [0.1, 0.15) is 6.10 Å². The van der Waals surface area contributed by atoms with Crippen LogP contribution in [-0.4, -0.2) is 51.5 Å². The lowest BCUT2D eigenvalue weighted by molar-refractivity contribution is -0.182. The SMILES string of the molecule is CC1=CC23CCC4[C@H]([C@H](C=C(CO)[C@@H](O)[C@]2(O)[C@H]1OC(=O)c1cccc2ccccc12)C3=O)C4(C)C. The molecule has 2 unspecified atom stereocenters. The first-order valence-electron chi connectivity index (χ1n) is 12.7.